The quantitative estimate of drug-likeness (QED) is 0.436. The predicted molar refractivity (Wildman–Crippen MR) is 136 cm³/mol. The number of aromatic nitrogens is 4. The maximum atomic E-state index is 13.3. The number of carbonyl (C=O) groups excluding carboxylic acids is 1. The minimum absolute atomic E-state index is 0.0238. The number of carbonyl (C=O) groups is 1. The maximum absolute atomic E-state index is 13.3. The van der Waals surface area contributed by atoms with Gasteiger partial charge >= 0.3 is 0 Å². The molecule has 1 amide bonds. The molecule has 5 rings (SSSR count). The van der Waals surface area contributed by atoms with Crippen LogP contribution in [0.3, 0.4) is 0 Å². The van der Waals surface area contributed by atoms with E-state index in [0.717, 1.165) is 38.5 Å². The number of fused-ring (bicyclic) bond motifs is 1. The van der Waals surface area contributed by atoms with Gasteiger partial charge in [-0.25, -0.2) is 4.98 Å². The Labute approximate surface area is 209 Å². The highest BCUT2D eigenvalue weighted by Gasteiger charge is 2.33. The summed E-state index contributed by atoms with van der Waals surface area (Å²) in [5.74, 6) is 0.823. The van der Waals surface area contributed by atoms with Crippen LogP contribution in [0, 0.1) is 0 Å². The molecule has 2 aliphatic carbocycles. The van der Waals surface area contributed by atoms with Gasteiger partial charge in [0.1, 0.15) is 22.9 Å². The molecule has 0 unspecified atom stereocenters. The molecule has 11 nitrogen and oxygen atoms in total. The monoisotopic (exact) mass is 495 g/mol. The van der Waals surface area contributed by atoms with Crippen LogP contribution in [0.4, 0.5) is 17.3 Å². The summed E-state index contributed by atoms with van der Waals surface area (Å²) in [6, 6.07) is 5.49. The fourth-order valence-electron chi connectivity index (χ4n) is 5.12. The molecule has 3 aromatic heterocycles. The summed E-state index contributed by atoms with van der Waals surface area (Å²) >= 11 is 0. The van der Waals surface area contributed by atoms with Gasteiger partial charge in [-0.3, -0.25) is 9.59 Å². The zero-order valence-electron chi connectivity index (χ0n) is 20.9. The number of nitrogens with zero attached hydrogens (tertiary/aromatic N) is 4. The summed E-state index contributed by atoms with van der Waals surface area (Å²) in [7, 11) is 5.16. The summed E-state index contributed by atoms with van der Waals surface area (Å²) in [6.07, 6.45) is 9.11. The van der Waals surface area contributed by atoms with E-state index in [1.165, 1.54) is 6.20 Å². The zero-order chi connectivity index (χ0) is 25.2. The van der Waals surface area contributed by atoms with Gasteiger partial charge in [0.05, 0.1) is 24.4 Å². The Kier molecular flexibility index (Phi) is 6.92. The molecule has 0 bridgehead atoms. The summed E-state index contributed by atoms with van der Waals surface area (Å²) in [5, 5.41) is 13.6. The lowest BCUT2D eigenvalue weighted by molar-refractivity contribution is 0.00732. The van der Waals surface area contributed by atoms with E-state index in [0.29, 0.717) is 28.5 Å². The zero-order valence-corrected chi connectivity index (χ0v) is 20.9. The standard InChI is InChI=1S/C25H33N7O4/c1-26-22-13-21(28-19-5-4-12-31(25(19)34)15-6-8-16(35-2)9-7-15)30-23-17(14-27-32(22)23)24(33)29-18-10-11-20(18)36-3/h4-5,12-16,18,20,26H,6-11H2,1-3H3,(H,28,30)(H,29,33)/t15-,16+,18-,20-/m0/s1. The van der Waals surface area contributed by atoms with Crippen molar-refractivity contribution in [1.82, 2.24) is 24.5 Å². The molecule has 192 valence electrons. The third kappa shape index (κ3) is 4.56. The van der Waals surface area contributed by atoms with E-state index in [9.17, 15) is 9.59 Å². The molecule has 0 aromatic carbocycles. The molecule has 36 heavy (non-hydrogen) atoms. The molecular formula is C25H33N7O4. The van der Waals surface area contributed by atoms with Gasteiger partial charge < -0.3 is 30.0 Å². The smallest absolute Gasteiger partial charge is 0.274 e. The van der Waals surface area contributed by atoms with E-state index in [4.69, 9.17) is 9.47 Å². The van der Waals surface area contributed by atoms with Gasteiger partial charge in [0.25, 0.3) is 11.5 Å². The first-order chi connectivity index (χ1) is 17.5. The summed E-state index contributed by atoms with van der Waals surface area (Å²) in [6.45, 7) is 0. The van der Waals surface area contributed by atoms with Crippen LogP contribution in [-0.4, -0.2) is 64.6 Å². The number of amides is 1. The van der Waals surface area contributed by atoms with Crippen LogP contribution in [0.5, 0.6) is 0 Å². The molecule has 2 fully saturated rings. The Morgan fingerprint density at radius 2 is 1.92 bits per heavy atom. The van der Waals surface area contributed by atoms with Crippen LogP contribution in [0.1, 0.15) is 54.9 Å². The van der Waals surface area contributed by atoms with Crippen LogP contribution in [-0.2, 0) is 9.47 Å². The van der Waals surface area contributed by atoms with Crippen molar-refractivity contribution < 1.29 is 14.3 Å². The maximum Gasteiger partial charge on any atom is 0.274 e. The van der Waals surface area contributed by atoms with E-state index in [1.54, 1.807) is 42.5 Å². The molecule has 3 N–H and O–H groups in total. The van der Waals surface area contributed by atoms with E-state index >= 15 is 0 Å². The molecule has 0 spiro atoms. The SMILES string of the molecule is CNc1cc(Nc2cccn([C@H]3CC[C@@H](OC)CC3)c2=O)nc2c(C(=O)N[C@H]3CC[C@@H]3OC)cnn12. The second-order valence-corrected chi connectivity index (χ2v) is 9.43. The third-order valence-corrected chi connectivity index (χ3v) is 7.41. The molecule has 2 saturated carbocycles. The Balaban J connectivity index is 1.41. The minimum Gasteiger partial charge on any atom is -0.381 e. The normalized spacial score (nSPS) is 23.8. The molecular weight excluding hydrogens is 462 g/mol. The van der Waals surface area contributed by atoms with Gasteiger partial charge in [-0.05, 0) is 50.7 Å². The summed E-state index contributed by atoms with van der Waals surface area (Å²) < 4.78 is 14.2. The van der Waals surface area contributed by atoms with Crippen molar-refractivity contribution in [3.8, 4) is 0 Å². The van der Waals surface area contributed by atoms with E-state index in [1.807, 2.05) is 12.3 Å². The van der Waals surface area contributed by atoms with Crippen LogP contribution < -0.4 is 21.5 Å². The second-order valence-electron chi connectivity index (χ2n) is 9.43. The van der Waals surface area contributed by atoms with Crippen LogP contribution in [0.25, 0.3) is 5.65 Å². The van der Waals surface area contributed by atoms with Crippen molar-refractivity contribution >= 4 is 28.9 Å². The van der Waals surface area contributed by atoms with Gasteiger partial charge in [0.2, 0.25) is 0 Å². The van der Waals surface area contributed by atoms with E-state index in [2.05, 4.69) is 26.0 Å². The third-order valence-electron chi connectivity index (χ3n) is 7.41. The van der Waals surface area contributed by atoms with Crippen molar-refractivity contribution in [3.05, 3.63) is 46.5 Å². The number of pyridine rings is 1. The van der Waals surface area contributed by atoms with Crippen molar-refractivity contribution in [2.45, 2.75) is 62.8 Å². The van der Waals surface area contributed by atoms with E-state index in [-0.39, 0.29) is 35.8 Å². The first-order valence-electron chi connectivity index (χ1n) is 12.4. The van der Waals surface area contributed by atoms with Crippen LogP contribution >= 0.6 is 0 Å². The first-order valence-corrected chi connectivity index (χ1v) is 12.4. The molecule has 3 aromatic rings. The molecule has 0 saturated heterocycles. The summed E-state index contributed by atoms with van der Waals surface area (Å²) in [5.41, 5.74) is 1.07. The number of ether oxygens (including phenoxy) is 2. The lowest BCUT2D eigenvalue weighted by Crippen LogP contribution is -2.51. The largest absolute Gasteiger partial charge is 0.381 e. The van der Waals surface area contributed by atoms with Gasteiger partial charge in [-0.1, -0.05) is 0 Å². The Morgan fingerprint density at radius 1 is 1.11 bits per heavy atom. The highest BCUT2D eigenvalue weighted by Crippen LogP contribution is 2.29. The molecule has 2 aliphatic rings. The molecule has 11 heteroatoms. The summed E-state index contributed by atoms with van der Waals surface area (Å²) in [4.78, 5) is 31.0. The minimum atomic E-state index is -0.253. The Morgan fingerprint density at radius 3 is 2.58 bits per heavy atom. The first kappa shape index (κ1) is 24.3. The topological polar surface area (TPSA) is 124 Å². The van der Waals surface area contributed by atoms with Crippen LogP contribution in [0.2, 0.25) is 0 Å². The molecule has 3 heterocycles. The number of hydrogen-bond donors (Lipinski definition) is 3. The molecule has 0 radical (unpaired) electrons. The molecule has 0 aliphatic heterocycles. The number of methoxy groups -OCH3 is 2. The fraction of sp³-hybridized carbons (Fsp3) is 0.520. The second kappa shape index (κ2) is 10.3. The van der Waals surface area contributed by atoms with Crippen LogP contribution in [0.15, 0.2) is 35.4 Å². The van der Waals surface area contributed by atoms with Gasteiger partial charge in [0, 0.05) is 39.6 Å². The number of anilines is 3. The van der Waals surface area contributed by atoms with Crippen molar-refractivity contribution in [2.24, 2.45) is 0 Å². The van der Waals surface area contributed by atoms with Crippen molar-refractivity contribution in [3.63, 3.8) is 0 Å². The highest BCUT2D eigenvalue weighted by molar-refractivity contribution is 6.00. The number of rotatable bonds is 8. The average Bonchev–Trinajstić information content (AvgIpc) is 3.32. The number of nitrogens with one attached hydrogen (secondary N) is 3. The average molecular weight is 496 g/mol. The van der Waals surface area contributed by atoms with E-state index < -0.39 is 0 Å². The Hall–Kier alpha value is -3.44. The number of hydrogen-bond acceptors (Lipinski definition) is 8. The van der Waals surface area contributed by atoms with Gasteiger partial charge in [0.15, 0.2) is 5.65 Å². The lowest BCUT2D eigenvalue weighted by Gasteiger charge is -2.35. The predicted octanol–water partition coefficient (Wildman–Crippen LogP) is 2.71. The Bertz CT molecular complexity index is 1290. The lowest BCUT2D eigenvalue weighted by atomic mass is 9.89. The van der Waals surface area contributed by atoms with Crippen molar-refractivity contribution in [2.75, 3.05) is 31.9 Å². The fourth-order valence-corrected chi connectivity index (χ4v) is 5.12. The van der Waals surface area contributed by atoms with Crippen molar-refractivity contribution in [1.29, 1.82) is 0 Å². The van der Waals surface area contributed by atoms with Gasteiger partial charge in [-0.2, -0.15) is 9.61 Å². The highest BCUT2D eigenvalue weighted by atomic mass is 16.5. The molecule has 2 atom stereocenters. The van der Waals surface area contributed by atoms with Gasteiger partial charge in [-0.15, -0.1) is 0 Å².